The van der Waals surface area contributed by atoms with E-state index in [2.05, 4.69) is 0 Å². The second kappa shape index (κ2) is 8.20. The van der Waals surface area contributed by atoms with Crippen LogP contribution >= 0.6 is 0 Å². The molecule has 3 amide bonds. The van der Waals surface area contributed by atoms with Crippen LogP contribution in [0, 0.1) is 11.3 Å². The summed E-state index contributed by atoms with van der Waals surface area (Å²) in [6, 6.07) is 8.31. The molecule has 0 spiro atoms. The summed E-state index contributed by atoms with van der Waals surface area (Å²) < 4.78 is 0. The number of aldehydes is 1. The number of rotatable bonds is 6. The molecule has 1 aliphatic carbocycles. The Hall–Kier alpha value is -2.94. The average molecular weight is 441 g/mol. The highest BCUT2D eigenvalue weighted by Gasteiger charge is 2.56. The van der Waals surface area contributed by atoms with Gasteiger partial charge in [-0.25, -0.2) is 9.59 Å². The Morgan fingerprint density at radius 1 is 1.12 bits per heavy atom. The number of hydrogen-bond acceptors (Lipinski definition) is 6. The molecule has 4 atom stereocenters. The molecule has 0 aromatic heterocycles. The number of fused-ring (bicyclic) bond motifs is 3. The fourth-order valence-electron chi connectivity index (χ4n) is 5.53. The lowest BCUT2D eigenvalue weighted by Crippen LogP contribution is -2.48. The average Bonchev–Trinajstić information content (AvgIpc) is 3.24. The van der Waals surface area contributed by atoms with Crippen LogP contribution in [-0.2, 0) is 30.7 Å². The summed E-state index contributed by atoms with van der Waals surface area (Å²) in [5.41, 5.74) is 0.185. The second-order valence-corrected chi connectivity index (χ2v) is 9.20. The van der Waals surface area contributed by atoms with Crippen molar-refractivity contribution >= 4 is 24.2 Å². The summed E-state index contributed by atoms with van der Waals surface area (Å²) in [5, 5.41) is 2.42. The molecule has 4 aliphatic rings. The van der Waals surface area contributed by atoms with Crippen molar-refractivity contribution in [2.45, 2.75) is 57.2 Å². The van der Waals surface area contributed by atoms with Gasteiger partial charge in [0.25, 0.3) is 5.91 Å². The van der Waals surface area contributed by atoms with Crippen molar-refractivity contribution in [3.05, 3.63) is 35.9 Å². The van der Waals surface area contributed by atoms with Crippen LogP contribution in [0.3, 0.4) is 0 Å². The first-order chi connectivity index (χ1) is 15.5. The first-order valence-electron chi connectivity index (χ1n) is 11.3. The Labute approximate surface area is 186 Å². The molecule has 3 heterocycles. The number of nitrogens with zero attached hydrogens (tertiary/aromatic N) is 3. The van der Waals surface area contributed by atoms with Crippen LogP contribution in [0.4, 0.5) is 4.79 Å². The summed E-state index contributed by atoms with van der Waals surface area (Å²) in [7, 11) is 0. The maximum Gasteiger partial charge on any atom is 0.354 e. The maximum absolute atomic E-state index is 13.0. The molecule has 1 aromatic carbocycles. The third-order valence-electron chi connectivity index (χ3n) is 7.30. The molecule has 1 aromatic rings. The fraction of sp³-hybridized carbons (Fsp3) is 0.565. The molecular weight excluding hydrogens is 414 g/mol. The highest BCUT2D eigenvalue weighted by molar-refractivity contribution is 5.90. The maximum atomic E-state index is 13.0. The van der Waals surface area contributed by atoms with Crippen molar-refractivity contribution in [2.75, 3.05) is 13.1 Å². The predicted molar refractivity (Wildman–Crippen MR) is 110 cm³/mol. The smallest absolute Gasteiger partial charge is 0.336 e. The summed E-state index contributed by atoms with van der Waals surface area (Å²) in [6.45, 7) is 0.743. The van der Waals surface area contributed by atoms with Crippen molar-refractivity contribution in [1.82, 2.24) is 15.0 Å². The molecule has 0 N–H and O–H groups in total. The van der Waals surface area contributed by atoms with Gasteiger partial charge in [0, 0.05) is 6.54 Å². The van der Waals surface area contributed by atoms with E-state index in [0.29, 0.717) is 32.2 Å². The van der Waals surface area contributed by atoms with Gasteiger partial charge >= 0.3 is 12.0 Å². The minimum atomic E-state index is -0.772. The molecule has 3 unspecified atom stereocenters. The number of urea groups is 1. The third kappa shape index (κ3) is 3.44. The van der Waals surface area contributed by atoms with Crippen LogP contribution in [-0.4, -0.2) is 64.4 Å². The fourth-order valence-corrected chi connectivity index (χ4v) is 5.53. The van der Waals surface area contributed by atoms with Gasteiger partial charge in [0.2, 0.25) is 0 Å². The topological polar surface area (TPSA) is 96.5 Å². The van der Waals surface area contributed by atoms with E-state index in [4.69, 9.17) is 9.68 Å². The first kappa shape index (κ1) is 20.9. The largest absolute Gasteiger partial charge is 0.354 e. The van der Waals surface area contributed by atoms with E-state index < -0.39 is 23.3 Å². The molecule has 0 radical (unpaired) electrons. The Morgan fingerprint density at radius 2 is 1.94 bits per heavy atom. The highest BCUT2D eigenvalue weighted by atomic mass is 16.7. The predicted octanol–water partition coefficient (Wildman–Crippen LogP) is 2.06. The lowest BCUT2D eigenvalue weighted by atomic mass is 9.69. The molecule has 2 bridgehead atoms. The van der Waals surface area contributed by atoms with E-state index in [0.717, 1.165) is 29.8 Å². The van der Waals surface area contributed by atoms with E-state index in [9.17, 15) is 19.2 Å². The van der Waals surface area contributed by atoms with Crippen molar-refractivity contribution in [3.8, 4) is 0 Å². The standard InChI is InChI=1S/C23H27N3O6/c27-15-23-11-5-4-8-18(23)20(28)25(14-23)32-21(29)19-10-9-17-12-24(19)22(30)26(17)31-13-16-6-2-1-3-7-16/h1-3,6-7,15,17-19H,4-5,8-14H2/t17?,18?,19-,23?/m0/s1. The van der Waals surface area contributed by atoms with Crippen LogP contribution in [0.15, 0.2) is 30.3 Å². The van der Waals surface area contributed by atoms with Gasteiger partial charge in [-0.1, -0.05) is 43.2 Å². The summed E-state index contributed by atoms with van der Waals surface area (Å²) in [5.74, 6) is -1.36. The molecule has 3 saturated heterocycles. The molecule has 1 saturated carbocycles. The van der Waals surface area contributed by atoms with Crippen molar-refractivity contribution in [3.63, 3.8) is 0 Å². The van der Waals surface area contributed by atoms with Gasteiger partial charge in [0.05, 0.1) is 23.9 Å². The van der Waals surface area contributed by atoms with Gasteiger partial charge in [-0.2, -0.15) is 10.1 Å². The monoisotopic (exact) mass is 441 g/mol. The molecule has 32 heavy (non-hydrogen) atoms. The van der Waals surface area contributed by atoms with Crippen molar-refractivity contribution in [2.24, 2.45) is 11.3 Å². The Kier molecular flexibility index (Phi) is 5.36. The van der Waals surface area contributed by atoms with E-state index in [1.165, 1.54) is 9.96 Å². The number of hydrogen-bond donors (Lipinski definition) is 0. The van der Waals surface area contributed by atoms with E-state index in [-0.39, 0.29) is 31.1 Å². The zero-order chi connectivity index (χ0) is 22.3. The van der Waals surface area contributed by atoms with E-state index in [1.807, 2.05) is 30.3 Å². The van der Waals surface area contributed by atoms with Crippen LogP contribution < -0.4 is 0 Å². The first-order valence-corrected chi connectivity index (χ1v) is 11.3. The molecule has 5 rings (SSSR count). The minimum Gasteiger partial charge on any atom is -0.336 e. The summed E-state index contributed by atoms with van der Waals surface area (Å²) >= 11 is 0. The number of carbonyl (C=O) groups is 4. The van der Waals surface area contributed by atoms with Crippen molar-refractivity contribution < 1.29 is 28.9 Å². The van der Waals surface area contributed by atoms with Crippen molar-refractivity contribution in [1.29, 1.82) is 0 Å². The minimum absolute atomic E-state index is 0.0986. The molecular formula is C23H27N3O6. The SMILES string of the molecule is O=CC12CCCCC1C(=O)N(OC(=O)[C@@H]1CCC3CN1C(=O)N3OCc1ccccc1)C2. The molecule has 3 aliphatic heterocycles. The van der Waals surface area contributed by atoms with Gasteiger partial charge in [0.1, 0.15) is 18.9 Å². The zero-order valence-corrected chi connectivity index (χ0v) is 17.9. The van der Waals surface area contributed by atoms with Gasteiger partial charge in [-0.3, -0.25) is 9.63 Å². The number of carbonyl (C=O) groups excluding carboxylic acids is 4. The second-order valence-electron chi connectivity index (χ2n) is 9.20. The summed E-state index contributed by atoms with van der Waals surface area (Å²) in [6.07, 6.45) is 4.93. The van der Waals surface area contributed by atoms with Gasteiger partial charge in [-0.15, -0.1) is 0 Å². The molecule has 4 fully saturated rings. The number of piperidine rings is 1. The lowest BCUT2D eigenvalue weighted by molar-refractivity contribution is -0.199. The van der Waals surface area contributed by atoms with Crippen LogP contribution in [0.2, 0.25) is 0 Å². The lowest BCUT2D eigenvalue weighted by Gasteiger charge is -2.31. The normalized spacial score (nSPS) is 31.6. The highest BCUT2D eigenvalue weighted by Crippen LogP contribution is 2.46. The Balaban J connectivity index is 1.23. The molecule has 9 heteroatoms. The third-order valence-corrected chi connectivity index (χ3v) is 7.30. The Bertz CT molecular complexity index is 924. The zero-order valence-electron chi connectivity index (χ0n) is 17.9. The number of benzene rings is 1. The number of hydroxylamine groups is 4. The van der Waals surface area contributed by atoms with Gasteiger partial charge < -0.3 is 14.5 Å². The molecule has 170 valence electrons. The van der Waals surface area contributed by atoms with E-state index >= 15 is 0 Å². The quantitative estimate of drug-likeness (QED) is 0.627. The van der Waals surface area contributed by atoms with Crippen LogP contribution in [0.5, 0.6) is 0 Å². The van der Waals surface area contributed by atoms with E-state index in [1.54, 1.807) is 0 Å². The Morgan fingerprint density at radius 3 is 2.69 bits per heavy atom. The van der Waals surface area contributed by atoms with Crippen LogP contribution in [0.25, 0.3) is 0 Å². The summed E-state index contributed by atoms with van der Waals surface area (Å²) in [4.78, 5) is 63.2. The molecule has 9 nitrogen and oxygen atoms in total. The van der Waals surface area contributed by atoms with Gasteiger partial charge in [-0.05, 0) is 31.2 Å². The van der Waals surface area contributed by atoms with Crippen LogP contribution in [0.1, 0.15) is 44.1 Å². The number of amides is 3. The van der Waals surface area contributed by atoms with Gasteiger partial charge in [0.15, 0.2) is 0 Å².